The van der Waals surface area contributed by atoms with E-state index in [1.54, 1.807) is 0 Å². The van der Waals surface area contributed by atoms with Crippen LogP contribution in [0.25, 0.3) is 11.0 Å². The molecule has 0 spiro atoms. The summed E-state index contributed by atoms with van der Waals surface area (Å²) in [6, 6.07) is 6.06. The van der Waals surface area contributed by atoms with Crippen molar-refractivity contribution in [3.63, 3.8) is 0 Å². The zero-order valence-corrected chi connectivity index (χ0v) is 22.4. The van der Waals surface area contributed by atoms with Gasteiger partial charge in [-0.05, 0) is 63.1 Å². The summed E-state index contributed by atoms with van der Waals surface area (Å²) in [5, 5.41) is 10.8. The number of benzene rings is 1. The Kier molecular flexibility index (Phi) is 8.58. The summed E-state index contributed by atoms with van der Waals surface area (Å²) in [6.07, 6.45) is 4.91. The first-order valence-electron chi connectivity index (χ1n) is 12.9. The molecule has 0 fully saturated rings. The van der Waals surface area contributed by atoms with Gasteiger partial charge in [0, 0.05) is 31.2 Å². The SMILES string of the molecule is CC1=CC[C@@H](c2ccc3c(c2)nc(C)n3C)OC(=O)CCC(C)(C)C(=O)[C@H](C)C(O)[C@@H](C)CCC1. The number of imidazole rings is 1. The molecule has 0 saturated carbocycles. The lowest BCUT2D eigenvalue weighted by Gasteiger charge is -2.31. The quantitative estimate of drug-likeness (QED) is 0.398. The van der Waals surface area contributed by atoms with Crippen LogP contribution in [0.3, 0.4) is 0 Å². The van der Waals surface area contributed by atoms with Crippen molar-refractivity contribution in [1.29, 1.82) is 0 Å². The normalized spacial score (nSPS) is 27.5. The fourth-order valence-corrected chi connectivity index (χ4v) is 5.09. The summed E-state index contributed by atoms with van der Waals surface area (Å²) < 4.78 is 8.03. The number of carbonyl (C=O) groups is 2. The van der Waals surface area contributed by atoms with E-state index >= 15 is 0 Å². The third-order valence-electron chi connectivity index (χ3n) is 7.81. The number of ketones is 1. The van der Waals surface area contributed by atoms with E-state index in [0.29, 0.717) is 12.8 Å². The third-order valence-corrected chi connectivity index (χ3v) is 7.81. The molecular weight excluding hydrogens is 440 g/mol. The second kappa shape index (κ2) is 11.1. The van der Waals surface area contributed by atoms with Gasteiger partial charge in [-0.15, -0.1) is 0 Å². The number of carbonyl (C=O) groups excluding carboxylic acids is 2. The van der Waals surface area contributed by atoms with Crippen LogP contribution in [0.5, 0.6) is 0 Å². The lowest BCUT2D eigenvalue weighted by molar-refractivity contribution is -0.150. The lowest BCUT2D eigenvalue weighted by atomic mass is 9.74. The molecule has 3 rings (SSSR count). The Hall–Kier alpha value is -2.47. The fraction of sp³-hybridized carbons (Fsp3) is 0.621. The molecule has 4 atom stereocenters. The molecule has 0 saturated heterocycles. The molecule has 6 nitrogen and oxygen atoms in total. The highest BCUT2D eigenvalue weighted by Crippen LogP contribution is 2.33. The van der Waals surface area contributed by atoms with Gasteiger partial charge in [0.25, 0.3) is 0 Å². The molecule has 2 heterocycles. The largest absolute Gasteiger partial charge is 0.457 e. The lowest BCUT2D eigenvalue weighted by Crippen LogP contribution is -2.39. The number of hydrogen-bond acceptors (Lipinski definition) is 5. The number of aromatic nitrogens is 2. The van der Waals surface area contributed by atoms with Crippen molar-refractivity contribution < 1.29 is 19.4 Å². The second-order valence-corrected chi connectivity index (χ2v) is 11.1. The topological polar surface area (TPSA) is 81.4 Å². The van der Waals surface area contributed by atoms with Crippen LogP contribution < -0.4 is 0 Å². The van der Waals surface area contributed by atoms with Gasteiger partial charge in [0.1, 0.15) is 17.7 Å². The predicted octanol–water partition coefficient (Wildman–Crippen LogP) is 5.99. The number of fused-ring (bicyclic) bond motifs is 1. The molecule has 1 aromatic heterocycles. The molecule has 1 unspecified atom stereocenters. The number of esters is 1. The highest BCUT2D eigenvalue weighted by Gasteiger charge is 2.37. The van der Waals surface area contributed by atoms with Gasteiger partial charge in [0.15, 0.2) is 0 Å². The van der Waals surface area contributed by atoms with Gasteiger partial charge in [0.2, 0.25) is 0 Å². The number of aliphatic hydroxyl groups is 1. The van der Waals surface area contributed by atoms with Crippen LogP contribution in [0.15, 0.2) is 29.8 Å². The van der Waals surface area contributed by atoms with Crippen LogP contribution in [-0.2, 0) is 21.4 Å². The first-order valence-corrected chi connectivity index (χ1v) is 12.9. The number of aryl methyl sites for hydroxylation is 2. The molecule has 1 aliphatic rings. The number of allylic oxidation sites excluding steroid dienone is 1. The summed E-state index contributed by atoms with van der Waals surface area (Å²) in [7, 11) is 1.99. The van der Waals surface area contributed by atoms with Crippen molar-refractivity contribution in [1.82, 2.24) is 9.55 Å². The maximum absolute atomic E-state index is 13.2. The number of nitrogens with zero attached hydrogens (tertiary/aromatic N) is 2. The van der Waals surface area contributed by atoms with Crippen LogP contribution in [-0.4, -0.2) is 32.5 Å². The predicted molar refractivity (Wildman–Crippen MR) is 139 cm³/mol. The zero-order valence-electron chi connectivity index (χ0n) is 22.4. The molecule has 0 aliphatic carbocycles. The van der Waals surface area contributed by atoms with E-state index in [4.69, 9.17) is 4.74 Å². The fourth-order valence-electron chi connectivity index (χ4n) is 5.09. The van der Waals surface area contributed by atoms with Crippen LogP contribution in [0.1, 0.15) is 90.6 Å². The maximum Gasteiger partial charge on any atom is 0.306 e. The van der Waals surface area contributed by atoms with Crippen molar-refractivity contribution in [2.45, 2.75) is 92.3 Å². The monoisotopic (exact) mass is 482 g/mol. The molecule has 1 N–H and O–H groups in total. The minimum atomic E-state index is -0.716. The Balaban J connectivity index is 1.89. The number of cyclic esters (lactones) is 1. The zero-order chi connectivity index (χ0) is 25.9. The average Bonchev–Trinajstić information content (AvgIpc) is 3.10. The van der Waals surface area contributed by atoms with E-state index in [1.165, 1.54) is 5.57 Å². The minimum Gasteiger partial charge on any atom is -0.457 e. The Labute approximate surface area is 209 Å². The van der Waals surface area contributed by atoms with E-state index in [0.717, 1.165) is 41.7 Å². The number of hydrogen-bond donors (Lipinski definition) is 1. The van der Waals surface area contributed by atoms with Crippen LogP contribution in [0.4, 0.5) is 0 Å². The Morgan fingerprint density at radius 1 is 1.14 bits per heavy atom. The van der Waals surface area contributed by atoms with Crippen molar-refractivity contribution in [2.75, 3.05) is 0 Å². The first-order chi connectivity index (χ1) is 16.4. The Bertz CT molecular complexity index is 1100. The second-order valence-electron chi connectivity index (χ2n) is 11.1. The Morgan fingerprint density at radius 2 is 1.86 bits per heavy atom. The number of ether oxygens (including phenoxy) is 1. The van der Waals surface area contributed by atoms with Gasteiger partial charge in [0.05, 0.1) is 17.1 Å². The van der Waals surface area contributed by atoms with Crippen LogP contribution in [0.2, 0.25) is 0 Å². The van der Waals surface area contributed by atoms with Crippen LogP contribution in [0, 0.1) is 24.2 Å². The average molecular weight is 483 g/mol. The van der Waals surface area contributed by atoms with Gasteiger partial charge in [-0.2, -0.15) is 0 Å². The summed E-state index contributed by atoms with van der Waals surface area (Å²) >= 11 is 0. The molecule has 35 heavy (non-hydrogen) atoms. The van der Waals surface area contributed by atoms with Crippen molar-refractivity contribution in [3.05, 3.63) is 41.2 Å². The molecule has 1 aliphatic heterocycles. The van der Waals surface area contributed by atoms with Crippen molar-refractivity contribution in [2.24, 2.45) is 24.3 Å². The molecule has 0 radical (unpaired) electrons. The smallest absolute Gasteiger partial charge is 0.306 e. The number of aliphatic hydroxyl groups excluding tert-OH is 1. The maximum atomic E-state index is 13.2. The van der Waals surface area contributed by atoms with Gasteiger partial charge in [-0.3, -0.25) is 9.59 Å². The van der Waals surface area contributed by atoms with E-state index < -0.39 is 23.5 Å². The van der Waals surface area contributed by atoms with E-state index in [2.05, 4.69) is 18.0 Å². The number of rotatable bonds is 1. The minimum absolute atomic E-state index is 0.000318. The third kappa shape index (κ3) is 6.40. The molecule has 6 heteroatoms. The molecular formula is C29H42N2O4. The van der Waals surface area contributed by atoms with E-state index in [1.807, 2.05) is 64.4 Å². The standard InChI is InChI=1S/C29H42N2O4/c1-18-9-8-10-19(2)27(33)20(3)28(34)29(5,6)16-15-26(32)35-25(14-11-18)22-12-13-24-23(17-22)30-21(4)31(24)7/h11-13,17,19-20,25,27,33H,8-10,14-16H2,1-7H3/t19-,20+,25-,27?/m0/s1. The molecule has 0 amide bonds. The molecule has 192 valence electrons. The molecule has 1 aromatic carbocycles. The summed E-state index contributed by atoms with van der Waals surface area (Å²) in [6.45, 7) is 11.6. The summed E-state index contributed by atoms with van der Waals surface area (Å²) in [5.41, 5.74) is 3.38. The van der Waals surface area contributed by atoms with Crippen LogP contribution >= 0.6 is 0 Å². The first kappa shape index (κ1) is 27.1. The Morgan fingerprint density at radius 3 is 2.57 bits per heavy atom. The molecule has 0 bridgehead atoms. The summed E-state index contributed by atoms with van der Waals surface area (Å²) in [5.74, 6) is 0.190. The van der Waals surface area contributed by atoms with Gasteiger partial charge < -0.3 is 14.4 Å². The van der Waals surface area contributed by atoms with Crippen molar-refractivity contribution in [3.8, 4) is 0 Å². The van der Waals surface area contributed by atoms with E-state index in [-0.39, 0.29) is 24.1 Å². The summed E-state index contributed by atoms with van der Waals surface area (Å²) in [4.78, 5) is 30.8. The number of Topliss-reactive ketones (excluding diaryl/α,β-unsaturated/α-hetero) is 1. The van der Waals surface area contributed by atoms with Crippen molar-refractivity contribution >= 4 is 22.8 Å². The highest BCUT2D eigenvalue weighted by molar-refractivity contribution is 5.87. The van der Waals surface area contributed by atoms with Gasteiger partial charge >= 0.3 is 5.97 Å². The van der Waals surface area contributed by atoms with Gasteiger partial charge in [-0.1, -0.05) is 45.4 Å². The van der Waals surface area contributed by atoms with Gasteiger partial charge in [-0.25, -0.2) is 4.98 Å². The highest BCUT2D eigenvalue weighted by atomic mass is 16.5. The van der Waals surface area contributed by atoms with E-state index in [9.17, 15) is 14.7 Å². The molecule has 2 aromatic rings.